The monoisotopic (exact) mass is 374 g/mol. The number of hydrogen-bond acceptors (Lipinski definition) is 5. The second-order valence-electron chi connectivity index (χ2n) is 3.91. The number of thiophene rings is 1. The number of hydrazine groups is 1. The fourth-order valence-corrected chi connectivity index (χ4v) is 3.03. The minimum atomic E-state index is -0.227. The minimum absolute atomic E-state index is 0.227. The first-order valence-electron chi connectivity index (χ1n) is 5.74. The maximum absolute atomic E-state index is 12.1. The van der Waals surface area contributed by atoms with Crippen LogP contribution in [0.5, 0.6) is 0 Å². The van der Waals surface area contributed by atoms with Crippen LogP contribution in [0.2, 0.25) is 4.34 Å². The molecule has 0 bridgehead atoms. The molecule has 0 saturated heterocycles. The van der Waals surface area contributed by atoms with Crippen LogP contribution in [0.15, 0.2) is 28.9 Å². The van der Waals surface area contributed by atoms with Gasteiger partial charge in [0.25, 0.3) is 5.91 Å². The Bertz CT molecular complexity index is 619. The number of nitrogens with one attached hydrogen (secondary N) is 2. The smallest absolute Gasteiger partial charge is 0.255 e. The number of carbonyl (C=O) groups is 1. The van der Waals surface area contributed by atoms with Gasteiger partial charge in [0.05, 0.1) is 9.90 Å². The quantitative estimate of drug-likeness (QED) is 0.554. The van der Waals surface area contributed by atoms with Gasteiger partial charge in [-0.1, -0.05) is 11.6 Å². The molecule has 1 amide bonds. The summed E-state index contributed by atoms with van der Waals surface area (Å²) in [6.07, 6.45) is 2.30. The highest BCUT2D eigenvalue weighted by atomic mass is 79.9. The molecular weight excluding hydrogens is 364 g/mol. The van der Waals surface area contributed by atoms with Gasteiger partial charge in [-0.2, -0.15) is 0 Å². The Kier molecular flexibility index (Phi) is 5.36. The molecule has 2 aromatic heterocycles. The Morgan fingerprint density at radius 2 is 2.30 bits per heavy atom. The van der Waals surface area contributed by atoms with Crippen molar-refractivity contribution in [2.75, 3.05) is 12.0 Å². The number of halogens is 2. The number of hydrogen-bond donors (Lipinski definition) is 3. The summed E-state index contributed by atoms with van der Waals surface area (Å²) >= 11 is 10.6. The topological polar surface area (TPSA) is 80.0 Å². The number of rotatable bonds is 5. The Labute approximate surface area is 133 Å². The number of carbonyl (C=O) groups excluding carboxylic acids is 1. The lowest BCUT2D eigenvalue weighted by molar-refractivity contribution is 0.0954. The summed E-state index contributed by atoms with van der Waals surface area (Å²) in [4.78, 5) is 17.2. The first-order chi connectivity index (χ1) is 9.60. The Balaban J connectivity index is 1.96. The van der Waals surface area contributed by atoms with Crippen molar-refractivity contribution >= 4 is 50.6 Å². The number of amides is 1. The van der Waals surface area contributed by atoms with Gasteiger partial charge in [0.15, 0.2) is 5.82 Å². The highest BCUT2D eigenvalue weighted by molar-refractivity contribution is 9.10. The van der Waals surface area contributed by atoms with Crippen molar-refractivity contribution in [1.82, 2.24) is 10.3 Å². The van der Waals surface area contributed by atoms with Crippen molar-refractivity contribution in [3.63, 3.8) is 0 Å². The van der Waals surface area contributed by atoms with Crippen LogP contribution in [0.25, 0.3) is 0 Å². The molecular formula is C12H12BrClN4OS. The van der Waals surface area contributed by atoms with Gasteiger partial charge in [0, 0.05) is 22.1 Å². The summed E-state index contributed by atoms with van der Waals surface area (Å²) in [6, 6.07) is 5.46. The normalized spacial score (nSPS) is 10.3. The number of nitrogens with zero attached hydrogens (tertiary/aromatic N) is 1. The van der Waals surface area contributed by atoms with Crippen molar-refractivity contribution in [3.05, 3.63) is 43.6 Å². The maximum Gasteiger partial charge on any atom is 0.255 e. The molecule has 2 aromatic rings. The van der Waals surface area contributed by atoms with E-state index in [0.29, 0.717) is 22.4 Å². The van der Waals surface area contributed by atoms with Crippen LogP contribution in [0.4, 0.5) is 5.82 Å². The summed E-state index contributed by atoms with van der Waals surface area (Å²) in [5.41, 5.74) is 2.80. The molecule has 8 heteroatoms. The van der Waals surface area contributed by atoms with E-state index in [9.17, 15) is 4.79 Å². The number of anilines is 1. The first kappa shape index (κ1) is 15.2. The first-order valence-corrected chi connectivity index (χ1v) is 7.73. The van der Waals surface area contributed by atoms with E-state index in [-0.39, 0.29) is 5.91 Å². The molecule has 4 N–H and O–H groups in total. The van der Waals surface area contributed by atoms with Gasteiger partial charge in [-0.3, -0.25) is 4.79 Å². The van der Waals surface area contributed by atoms with Gasteiger partial charge in [-0.05, 0) is 40.5 Å². The molecule has 0 fully saturated rings. The summed E-state index contributed by atoms with van der Waals surface area (Å²) in [6.45, 7) is 0.520. The van der Waals surface area contributed by atoms with Gasteiger partial charge >= 0.3 is 0 Å². The second-order valence-corrected chi connectivity index (χ2v) is 6.62. The molecule has 106 valence electrons. The average molecular weight is 376 g/mol. The Morgan fingerprint density at radius 3 is 2.95 bits per heavy atom. The van der Waals surface area contributed by atoms with Gasteiger partial charge in [0.2, 0.25) is 0 Å². The van der Waals surface area contributed by atoms with Crippen LogP contribution in [-0.2, 0) is 6.42 Å². The van der Waals surface area contributed by atoms with Crippen LogP contribution in [0.1, 0.15) is 15.2 Å². The van der Waals surface area contributed by atoms with Gasteiger partial charge in [-0.15, -0.1) is 11.3 Å². The Hall–Kier alpha value is -1.15. The van der Waals surface area contributed by atoms with E-state index in [1.807, 2.05) is 12.1 Å². The molecule has 0 saturated carbocycles. The highest BCUT2D eigenvalue weighted by Crippen LogP contribution is 2.21. The van der Waals surface area contributed by atoms with Gasteiger partial charge in [-0.25, -0.2) is 10.8 Å². The van der Waals surface area contributed by atoms with Crippen molar-refractivity contribution < 1.29 is 4.79 Å². The van der Waals surface area contributed by atoms with Crippen LogP contribution >= 0.6 is 38.9 Å². The van der Waals surface area contributed by atoms with E-state index in [1.54, 1.807) is 12.3 Å². The highest BCUT2D eigenvalue weighted by Gasteiger charge is 2.12. The number of nitrogens with two attached hydrogens (primary N) is 1. The van der Waals surface area contributed by atoms with E-state index < -0.39 is 0 Å². The number of aromatic nitrogens is 1. The largest absolute Gasteiger partial charge is 0.352 e. The summed E-state index contributed by atoms with van der Waals surface area (Å²) in [5.74, 6) is 5.45. The summed E-state index contributed by atoms with van der Waals surface area (Å²) in [7, 11) is 0. The number of nitrogen functional groups attached to an aromatic ring is 1. The van der Waals surface area contributed by atoms with Gasteiger partial charge < -0.3 is 10.7 Å². The standard InChI is InChI=1S/C12H12BrClN4OS/c13-7-5-9(11(18-15)17-6-7)12(19)16-4-3-8-1-2-10(14)20-8/h1-2,5-6H,3-4,15H2,(H,16,19)(H,17,18). The molecule has 2 rings (SSSR count). The summed E-state index contributed by atoms with van der Waals surface area (Å²) in [5, 5.41) is 2.83. The SMILES string of the molecule is NNc1ncc(Br)cc1C(=O)NCCc1ccc(Cl)s1. The number of pyridine rings is 1. The lowest BCUT2D eigenvalue weighted by atomic mass is 10.2. The van der Waals surface area contributed by atoms with Gasteiger partial charge in [0.1, 0.15) is 0 Å². The third kappa shape index (κ3) is 3.92. The van der Waals surface area contributed by atoms with E-state index in [0.717, 1.165) is 15.6 Å². The lowest BCUT2D eigenvalue weighted by Gasteiger charge is -2.08. The molecule has 0 atom stereocenters. The minimum Gasteiger partial charge on any atom is -0.352 e. The molecule has 0 spiro atoms. The third-order valence-electron chi connectivity index (χ3n) is 2.52. The summed E-state index contributed by atoms with van der Waals surface area (Å²) < 4.78 is 1.46. The van der Waals surface area contributed by atoms with Crippen molar-refractivity contribution in [3.8, 4) is 0 Å². The zero-order valence-corrected chi connectivity index (χ0v) is 13.5. The van der Waals surface area contributed by atoms with Crippen molar-refractivity contribution in [1.29, 1.82) is 0 Å². The molecule has 5 nitrogen and oxygen atoms in total. The van der Waals surface area contributed by atoms with Crippen molar-refractivity contribution in [2.45, 2.75) is 6.42 Å². The third-order valence-corrected chi connectivity index (χ3v) is 4.25. The molecule has 0 aliphatic carbocycles. The van der Waals surface area contributed by atoms with E-state index >= 15 is 0 Å². The maximum atomic E-state index is 12.1. The Morgan fingerprint density at radius 1 is 1.50 bits per heavy atom. The van der Waals surface area contributed by atoms with Crippen LogP contribution in [0.3, 0.4) is 0 Å². The second kappa shape index (κ2) is 7.03. The predicted molar refractivity (Wildman–Crippen MR) is 85.1 cm³/mol. The molecule has 2 heterocycles. The zero-order valence-electron chi connectivity index (χ0n) is 10.3. The van der Waals surface area contributed by atoms with E-state index in [1.165, 1.54) is 11.3 Å². The van der Waals surface area contributed by atoms with Crippen LogP contribution < -0.4 is 16.6 Å². The molecule has 20 heavy (non-hydrogen) atoms. The molecule has 0 aliphatic heterocycles. The lowest BCUT2D eigenvalue weighted by Crippen LogP contribution is -2.27. The van der Waals surface area contributed by atoms with E-state index in [4.69, 9.17) is 17.4 Å². The van der Waals surface area contributed by atoms with E-state index in [2.05, 4.69) is 31.7 Å². The molecule has 0 unspecified atom stereocenters. The fourth-order valence-electron chi connectivity index (χ4n) is 1.61. The average Bonchev–Trinajstić information content (AvgIpc) is 2.84. The molecule has 0 radical (unpaired) electrons. The van der Waals surface area contributed by atoms with Crippen LogP contribution in [-0.4, -0.2) is 17.4 Å². The molecule has 0 aromatic carbocycles. The fraction of sp³-hybridized carbons (Fsp3) is 0.167. The van der Waals surface area contributed by atoms with Crippen molar-refractivity contribution in [2.24, 2.45) is 5.84 Å². The van der Waals surface area contributed by atoms with Crippen LogP contribution in [0, 0.1) is 0 Å². The predicted octanol–water partition coefficient (Wildman–Crippen LogP) is 2.82. The molecule has 0 aliphatic rings. The zero-order chi connectivity index (χ0) is 14.5.